The normalized spacial score (nSPS) is 10.0. The van der Waals surface area contributed by atoms with Crippen LogP contribution in [0.15, 0.2) is 48.5 Å². The van der Waals surface area contributed by atoms with Crippen molar-refractivity contribution >= 4 is 17.3 Å². The van der Waals surface area contributed by atoms with Crippen molar-refractivity contribution in [1.82, 2.24) is 0 Å². The second-order valence-corrected chi connectivity index (χ2v) is 4.82. The third-order valence-corrected chi connectivity index (χ3v) is 3.07. The molecule has 2 aromatic carbocycles. The summed E-state index contributed by atoms with van der Waals surface area (Å²) in [6.45, 7) is 5.33. The summed E-state index contributed by atoms with van der Waals surface area (Å²) >= 11 is 0. The number of amides is 1. The molecule has 0 saturated carbocycles. The summed E-state index contributed by atoms with van der Waals surface area (Å²) in [7, 11) is 0. The lowest BCUT2D eigenvalue weighted by molar-refractivity contribution is -0.114. The number of carbonyl (C=O) groups excluding carboxylic acids is 1. The molecule has 1 amide bonds. The Morgan fingerprint density at radius 3 is 1.78 bits per heavy atom. The van der Waals surface area contributed by atoms with Crippen molar-refractivity contribution in [2.24, 2.45) is 0 Å². The lowest BCUT2D eigenvalue weighted by atomic mass is 10.3. The van der Waals surface area contributed by atoms with Crippen LogP contribution in [0.25, 0.3) is 0 Å². The van der Waals surface area contributed by atoms with Gasteiger partial charge in [0.05, 0.1) is 19.8 Å². The van der Waals surface area contributed by atoms with E-state index in [0.717, 1.165) is 22.9 Å². The zero-order valence-corrected chi connectivity index (χ0v) is 13.5. The average Bonchev–Trinajstić information content (AvgIpc) is 2.57. The van der Waals surface area contributed by atoms with Crippen LogP contribution >= 0.6 is 0 Å². The van der Waals surface area contributed by atoms with Gasteiger partial charge in [-0.25, -0.2) is 0 Å². The summed E-state index contributed by atoms with van der Waals surface area (Å²) in [6, 6.07) is 14.8. The Kier molecular flexibility index (Phi) is 6.29. The minimum absolute atomic E-state index is 0.108. The molecule has 23 heavy (non-hydrogen) atoms. The minimum atomic E-state index is -0.108. The van der Waals surface area contributed by atoms with Crippen LogP contribution in [0.1, 0.15) is 13.8 Å². The average molecular weight is 314 g/mol. The number of carbonyl (C=O) groups is 1. The lowest BCUT2D eigenvalue weighted by Crippen LogP contribution is -2.21. The van der Waals surface area contributed by atoms with Crippen LogP contribution < -0.4 is 20.1 Å². The summed E-state index contributed by atoms with van der Waals surface area (Å²) in [4.78, 5) is 11.9. The molecule has 122 valence electrons. The summed E-state index contributed by atoms with van der Waals surface area (Å²) in [5.41, 5.74) is 1.61. The molecular formula is C18H22N2O3. The number of ether oxygens (including phenoxy) is 2. The molecule has 0 aliphatic carbocycles. The molecule has 0 atom stereocenters. The van der Waals surface area contributed by atoms with Crippen LogP contribution in [0.2, 0.25) is 0 Å². The highest BCUT2D eigenvalue weighted by atomic mass is 16.5. The van der Waals surface area contributed by atoms with E-state index in [1.54, 1.807) is 0 Å². The molecule has 2 rings (SSSR count). The maximum atomic E-state index is 11.9. The lowest BCUT2D eigenvalue weighted by Gasteiger charge is -2.09. The molecule has 0 aromatic heterocycles. The molecule has 5 heteroatoms. The number of benzene rings is 2. The Morgan fingerprint density at radius 1 is 0.826 bits per heavy atom. The Balaban J connectivity index is 1.80. The van der Waals surface area contributed by atoms with Crippen LogP contribution in [0.5, 0.6) is 11.5 Å². The molecule has 0 bridgehead atoms. The predicted molar refractivity (Wildman–Crippen MR) is 92.3 cm³/mol. The second kappa shape index (κ2) is 8.68. The van der Waals surface area contributed by atoms with E-state index in [4.69, 9.17) is 9.47 Å². The Labute approximate surface area is 136 Å². The smallest absolute Gasteiger partial charge is 0.243 e. The van der Waals surface area contributed by atoms with E-state index in [0.29, 0.717) is 13.2 Å². The van der Waals surface area contributed by atoms with Gasteiger partial charge in [-0.3, -0.25) is 4.79 Å². The van der Waals surface area contributed by atoms with Crippen molar-refractivity contribution < 1.29 is 14.3 Å². The van der Waals surface area contributed by atoms with Gasteiger partial charge in [-0.15, -0.1) is 0 Å². The summed E-state index contributed by atoms with van der Waals surface area (Å²) < 4.78 is 10.7. The van der Waals surface area contributed by atoms with Gasteiger partial charge in [-0.05, 0) is 62.4 Å². The zero-order valence-electron chi connectivity index (χ0n) is 13.5. The van der Waals surface area contributed by atoms with Gasteiger partial charge in [0.15, 0.2) is 0 Å². The summed E-state index contributed by atoms with van der Waals surface area (Å²) in [5, 5.41) is 5.90. The van der Waals surface area contributed by atoms with E-state index in [1.807, 2.05) is 62.4 Å². The first-order valence-electron chi connectivity index (χ1n) is 7.70. The van der Waals surface area contributed by atoms with E-state index >= 15 is 0 Å². The number of rotatable bonds is 8. The van der Waals surface area contributed by atoms with E-state index in [-0.39, 0.29) is 12.5 Å². The van der Waals surface area contributed by atoms with Crippen molar-refractivity contribution in [2.45, 2.75) is 13.8 Å². The van der Waals surface area contributed by atoms with Crippen molar-refractivity contribution in [3.05, 3.63) is 48.5 Å². The van der Waals surface area contributed by atoms with Crippen molar-refractivity contribution in [3.8, 4) is 11.5 Å². The molecule has 0 unspecified atom stereocenters. The molecule has 0 spiro atoms. The fraction of sp³-hybridized carbons (Fsp3) is 0.278. The molecule has 0 fully saturated rings. The first kappa shape index (κ1) is 16.7. The van der Waals surface area contributed by atoms with Gasteiger partial charge in [0.25, 0.3) is 0 Å². The molecule has 2 aromatic rings. The molecule has 0 saturated heterocycles. The van der Waals surface area contributed by atoms with Gasteiger partial charge in [-0.2, -0.15) is 0 Å². The van der Waals surface area contributed by atoms with E-state index < -0.39 is 0 Å². The fourth-order valence-electron chi connectivity index (χ4n) is 2.02. The minimum Gasteiger partial charge on any atom is -0.494 e. The van der Waals surface area contributed by atoms with Gasteiger partial charge >= 0.3 is 0 Å². The Morgan fingerprint density at radius 2 is 1.30 bits per heavy atom. The zero-order chi connectivity index (χ0) is 16.5. The largest absolute Gasteiger partial charge is 0.494 e. The maximum absolute atomic E-state index is 11.9. The van der Waals surface area contributed by atoms with Gasteiger partial charge in [0.1, 0.15) is 11.5 Å². The third kappa shape index (κ3) is 5.54. The van der Waals surface area contributed by atoms with Gasteiger partial charge in [0.2, 0.25) is 5.91 Å². The van der Waals surface area contributed by atoms with Crippen LogP contribution in [0, 0.1) is 0 Å². The Hall–Kier alpha value is -2.69. The molecule has 0 heterocycles. The number of hydrogen-bond acceptors (Lipinski definition) is 4. The van der Waals surface area contributed by atoms with Crippen molar-refractivity contribution in [2.75, 3.05) is 30.4 Å². The first-order valence-corrected chi connectivity index (χ1v) is 7.70. The van der Waals surface area contributed by atoms with E-state index in [1.165, 1.54) is 0 Å². The molecule has 0 aliphatic rings. The van der Waals surface area contributed by atoms with Crippen LogP contribution in [0.4, 0.5) is 11.4 Å². The Bertz CT molecular complexity index is 609. The van der Waals surface area contributed by atoms with E-state index in [9.17, 15) is 4.79 Å². The molecule has 5 nitrogen and oxygen atoms in total. The van der Waals surface area contributed by atoms with Gasteiger partial charge in [-0.1, -0.05) is 0 Å². The highest BCUT2D eigenvalue weighted by Crippen LogP contribution is 2.17. The maximum Gasteiger partial charge on any atom is 0.243 e. The van der Waals surface area contributed by atoms with E-state index in [2.05, 4.69) is 10.6 Å². The molecule has 0 radical (unpaired) electrons. The second-order valence-electron chi connectivity index (χ2n) is 4.82. The summed E-state index contributed by atoms with van der Waals surface area (Å²) in [6.07, 6.45) is 0. The van der Waals surface area contributed by atoms with Gasteiger partial charge < -0.3 is 20.1 Å². The molecule has 2 N–H and O–H groups in total. The molecule has 0 aliphatic heterocycles. The van der Waals surface area contributed by atoms with Crippen LogP contribution in [-0.4, -0.2) is 25.7 Å². The monoisotopic (exact) mass is 314 g/mol. The number of hydrogen-bond donors (Lipinski definition) is 2. The van der Waals surface area contributed by atoms with Crippen LogP contribution in [-0.2, 0) is 4.79 Å². The van der Waals surface area contributed by atoms with Gasteiger partial charge in [0, 0.05) is 11.4 Å². The molecular weight excluding hydrogens is 292 g/mol. The summed E-state index contributed by atoms with van der Waals surface area (Å²) in [5.74, 6) is 1.50. The first-order chi connectivity index (χ1) is 11.2. The van der Waals surface area contributed by atoms with Crippen LogP contribution in [0.3, 0.4) is 0 Å². The number of anilines is 2. The van der Waals surface area contributed by atoms with Crippen molar-refractivity contribution in [3.63, 3.8) is 0 Å². The third-order valence-electron chi connectivity index (χ3n) is 3.07. The number of nitrogens with one attached hydrogen (secondary N) is 2. The van der Waals surface area contributed by atoms with Crippen molar-refractivity contribution in [1.29, 1.82) is 0 Å². The topological polar surface area (TPSA) is 59.6 Å². The highest BCUT2D eigenvalue weighted by molar-refractivity contribution is 5.93. The fourth-order valence-corrected chi connectivity index (χ4v) is 2.02. The highest BCUT2D eigenvalue weighted by Gasteiger charge is 2.03. The quantitative estimate of drug-likeness (QED) is 0.782. The SMILES string of the molecule is CCOc1ccc(NCC(=O)Nc2ccc(OCC)cc2)cc1. The predicted octanol–water partition coefficient (Wildman–Crippen LogP) is 3.53. The standard InChI is InChI=1S/C18H22N2O3/c1-3-22-16-9-5-14(6-10-16)19-13-18(21)20-15-7-11-17(12-8-15)23-4-2/h5-12,19H,3-4,13H2,1-2H3,(H,20,21).